The van der Waals surface area contributed by atoms with Crippen LogP contribution in [0.15, 0.2) is 12.4 Å². The minimum atomic E-state index is 0.0862. The van der Waals surface area contributed by atoms with Crippen LogP contribution in [-0.2, 0) is 0 Å². The average Bonchev–Trinajstić information content (AvgIpc) is 2.67. The molecule has 5 nitrogen and oxygen atoms in total. The van der Waals surface area contributed by atoms with Crippen molar-refractivity contribution in [3.05, 3.63) is 17.5 Å². The van der Waals surface area contributed by atoms with Gasteiger partial charge < -0.3 is 9.88 Å². The molecule has 3 heterocycles. The van der Waals surface area contributed by atoms with Gasteiger partial charge in [-0.3, -0.25) is 0 Å². The largest absolute Gasteiger partial charge is 0.311 e. The summed E-state index contributed by atoms with van der Waals surface area (Å²) in [4.78, 5) is 4.41. The third-order valence-corrected chi connectivity index (χ3v) is 4.04. The van der Waals surface area contributed by atoms with E-state index in [9.17, 15) is 0 Å². The van der Waals surface area contributed by atoms with Crippen molar-refractivity contribution < 1.29 is 0 Å². The molecule has 0 aromatic carbocycles. The third kappa shape index (κ3) is 2.52. The summed E-state index contributed by atoms with van der Waals surface area (Å²) in [7, 11) is 0. The second-order valence-electron chi connectivity index (χ2n) is 6.98. The zero-order chi connectivity index (χ0) is 14.5. The molecule has 0 amide bonds. The van der Waals surface area contributed by atoms with Crippen LogP contribution in [0.1, 0.15) is 46.6 Å². The van der Waals surface area contributed by atoms with Gasteiger partial charge in [-0.05, 0) is 40.5 Å². The lowest BCUT2D eigenvalue weighted by Crippen LogP contribution is -2.57. The molecule has 0 radical (unpaired) electrons. The van der Waals surface area contributed by atoms with Gasteiger partial charge in [-0.1, -0.05) is 11.6 Å². The van der Waals surface area contributed by atoms with Gasteiger partial charge in [0.2, 0.25) is 0 Å². The highest BCUT2D eigenvalue weighted by molar-refractivity contribution is 6.29. The summed E-state index contributed by atoms with van der Waals surface area (Å²) in [6.07, 6.45) is 3.93. The maximum absolute atomic E-state index is 5.87. The molecule has 1 N–H and O–H groups in total. The molecule has 1 saturated heterocycles. The molecule has 0 atom stereocenters. The summed E-state index contributed by atoms with van der Waals surface area (Å²) in [6, 6.07) is 2.12. The fraction of sp³-hybridized carbons (Fsp3) is 0.643. The van der Waals surface area contributed by atoms with Crippen LogP contribution in [0.4, 0.5) is 0 Å². The summed E-state index contributed by atoms with van der Waals surface area (Å²) >= 11 is 5.87. The van der Waals surface area contributed by atoms with Crippen LogP contribution in [0, 0.1) is 0 Å². The van der Waals surface area contributed by atoms with Gasteiger partial charge in [0.25, 0.3) is 0 Å². The van der Waals surface area contributed by atoms with E-state index in [2.05, 4.69) is 52.8 Å². The average molecular weight is 294 g/mol. The van der Waals surface area contributed by atoms with Gasteiger partial charge in [-0.2, -0.15) is 0 Å². The van der Waals surface area contributed by atoms with Crippen molar-refractivity contribution in [2.45, 2.75) is 57.7 Å². The molecule has 1 fully saturated rings. The number of hydrogen-bond donors (Lipinski definition) is 1. The first kappa shape index (κ1) is 13.8. The Kier molecular flexibility index (Phi) is 3.03. The molecule has 6 heteroatoms. The van der Waals surface area contributed by atoms with Gasteiger partial charge >= 0.3 is 0 Å². The first-order chi connectivity index (χ1) is 9.26. The van der Waals surface area contributed by atoms with Crippen LogP contribution in [0.25, 0.3) is 11.2 Å². The van der Waals surface area contributed by atoms with Gasteiger partial charge in [0, 0.05) is 23.2 Å². The Labute approximate surface area is 123 Å². The lowest BCUT2D eigenvalue weighted by atomic mass is 9.79. The lowest BCUT2D eigenvalue weighted by Gasteiger charge is -2.46. The second-order valence-corrected chi connectivity index (χ2v) is 7.37. The lowest BCUT2D eigenvalue weighted by molar-refractivity contribution is 0.134. The van der Waals surface area contributed by atoms with E-state index in [4.69, 9.17) is 11.6 Å². The van der Waals surface area contributed by atoms with Crippen molar-refractivity contribution in [1.29, 1.82) is 0 Å². The number of halogens is 1. The highest BCUT2D eigenvalue weighted by Crippen LogP contribution is 2.37. The predicted octanol–water partition coefficient (Wildman–Crippen LogP) is 2.96. The number of nitrogens with zero attached hydrogens (tertiary/aromatic N) is 4. The molecule has 3 rings (SSSR count). The Hall–Kier alpha value is -1.20. The number of fused-ring (bicyclic) bond motifs is 1. The summed E-state index contributed by atoms with van der Waals surface area (Å²) < 4.78 is 2.14. The van der Waals surface area contributed by atoms with Gasteiger partial charge in [0.05, 0.1) is 6.33 Å². The fourth-order valence-electron chi connectivity index (χ4n) is 3.54. The number of hydrogen-bond acceptors (Lipinski definition) is 4. The molecular formula is C14H20ClN5. The maximum Gasteiger partial charge on any atom is 0.182 e. The molecule has 0 unspecified atom stereocenters. The highest BCUT2D eigenvalue weighted by atomic mass is 35.5. The molecule has 1 aliphatic heterocycles. The number of aromatic nitrogens is 4. The van der Waals surface area contributed by atoms with Crippen molar-refractivity contribution in [2.24, 2.45) is 0 Å². The quantitative estimate of drug-likeness (QED) is 0.878. The molecular weight excluding hydrogens is 274 g/mol. The molecule has 2 aromatic rings. The first-order valence-corrected chi connectivity index (χ1v) is 7.29. The Balaban J connectivity index is 2.02. The van der Waals surface area contributed by atoms with E-state index >= 15 is 0 Å². The van der Waals surface area contributed by atoms with Gasteiger partial charge in [-0.15, -0.1) is 10.2 Å². The SMILES string of the molecule is CC1(C)CC(n2cnc3cc(Cl)nnc32)CC(C)(C)N1. The molecule has 20 heavy (non-hydrogen) atoms. The van der Waals surface area contributed by atoms with Crippen LogP contribution >= 0.6 is 11.6 Å². The Bertz CT molecular complexity index is 630. The van der Waals surface area contributed by atoms with Gasteiger partial charge in [0.1, 0.15) is 5.52 Å². The van der Waals surface area contributed by atoms with Crippen LogP contribution in [0.2, 0.25) is 5.15 Å². The minimum absolute atomic E-state index is 0.0862. The molecule has 0 bridgehead atoms. The Morgan fingerprint density at radius 1 is 1.20 bits per heavy atom. The molecule has 0 saturated carbocycles. The van der Waals surface area contributed by atoms with Crippen molar-refractivity contribution in [2.75, 3.05) is 0 Å². The second kappa shape index (κ2) is 4.40. The van der Waals surface area contributed by atoms with E-state index in [1.165, 1.54) is 0 Å². The molecule has 108 valence electrons. The van der Waals surface area contributed by atoms with Crippen LogP contribution in [0.5, 0.6) is 0 Å². The first-order valence-electron chi connectivity index (χ1n) is 6.91. The molecule has 1 aliphatic rings. The highest BCUT2D eigenvalue weighted by Gasteiger charge is 2.38. The van der Waals surface area contributed by atoms with E-state index in [-0.39, 0.29) is 11.1 Å². The standard InChI is InChI=1S/C14H20ClN5/c1-13(2)6-9(7-14(3,4)19-13)20-8-16-10-5-11(15)17-18-12(10)20/h5,8-9,19H,6-7H2,1-4H3. The summed E-state index contributed by atoms with van der Waals surface area (Å²) in [5, 5.41) is 12.2. The normalized spacial score (nSPS) is 22.2. The number of piperidine rings is 1. The minimum Gasteiger partial charge on any atom is -0.311 e. The van der Waals surface area contributed by atoms with Crippen molar-refractivity contribution in [3.63, 3.8) is 0 Å². The van der Waals surface area contributed by atoms with E-state index in [0.29, 0.717) is 11.2 Å². The zero-order valence-corrected chi connectivity index (χ0v) is 13.1. The van der Waals surface area contributed by atoms with Crippen LogP contribution < -0.4 is 5.32 Å². The molecule has 0 aliphatic carbocycles. The molecule has 0 spiro atoms. The van der Waals surface area contributed by atoms with E-state index in [1.54, 1.807) is 6.07 Å². The summed E-state index contributed by atoms with van der Waals surface area (Å²) in [5.74, 6) is 0. The number of imidazole rings is 1. The van der Waals surface area contributed by atoms with Crippen LogP contribution in [-0.4, -0.2) is 30.8 Å². The summed E-state index contributed by atoms with van der Waals surface area (Å²) in [6.45, 7) is 8.95. The topological polar surface area (TPSA) is 55.6 Å². The summed E-state index contributed by atoms with van der Waals surface area (Å²) in [5.41, 5.74) is 1.79. The van der Waals surface area contributed by atoms with Crippen LogP contribution in [0.3, 0.4) is 0 Å². The fourth-order valence-corrected chi connectivity index (χ4v) is 3.68. The molecule has 2 aromatic heterocycles. The van der Waals surface area contributed by atoms with Crippen molar-refractivity contribution in [1.82, 2.24) is 25.1 Å². The number of rotatable bonds is 1. The zero-order valence-electron chi connectivity index (χ0n) is 12.3. The van der Waals surface area contributed by atoms with Crippen molar-refractivity contribution in [3.8, 4) is 0 Å². The van der Waals surface area contributed by atoms with E-state index in [1.807, 2.05) is 6.33 Å². The Morgan fingerprint density at radius 2 is 1.85 bits per heavy atom. The smallest absolute Gasteiger partial charge is 0.182 e. The predicted molar refractivity (Wildman–Crippen MR) is 79.9 cm³/mol. The maximum atomic E-state index is 5.87. The number of nitrogens with one attached hydrogen (secondary N) is 1. The van der Waals surface area contributed by atoms with E-state index < -0.39 is 0 Å². The van der Waals surface area contributed by atoms with E-state index in [0.717, 1.165) is 24.0 Å². The van der Waals surface area contributed by atoms with Gasteiger partial charge in [0.15, 0.2) is 10.8 Å². The van der Waals surface area contributed by atoms with Gasteiger partial charge in [-0.25, -0.2) is 4.98 Å². The Morgan fingerprint density at radius 3 is 2.50 bits per heavy atom. The monoisotopic (exact) mass is 293 g/mol. The van der Waals surface area contributed by atoms with Crippen molar-refractivity contribution >= 4 is 22.8 Å². The third-order valence-electron chi connectivity index (χ3n) is 3.85.